The average molecular weight is 265 g/mol. The van der Waals surface area contributed by atoms with Gasteiger partial charge in [0.1, 0.15) is 5.82 Å². The summed E-state index contributed by atoms with van der Waals surface area (Å²) in [5.41, 5.74) is -0.808. The van der Waals surface area contributed by atoms with E-state index in [9.17, 15) is 9.90 Å². The highest BCUT2D eigenvalue weighted by Crippen LogP contribution is 2.31. The van der Waals surface area contributed by atoms with E-state index >= 15 is 0 Å². The molecule has 0 aliphatic heterocycles. The number of aromatic nitrogens is 2. The Hall–Kier alpha value is -1.36. The van der Waals surface area contributed by atoms with E-state index in [1.807, 2.05) is 0 Å². The Morgan fingerprint density at radius 1 is 1.47 bits per heavy atom. The van der Waals surface area contributed by atoms with Gasteiger partial charge < -0.3 is 10.4 Å². The molecule has 1 aliphatic rings. The molecule has 0 atom stereocenters. The van der Waals surface area contributed by atoms with Gasteiger partial charge in [-0.15, -0.1) is 0 Å². The van der Waals surface area contributed by atoms with Gasteiger partial charge >= 0.3 is 0 Å². The SMILES string of the molecule is CCCn1nccc1NC(=O)CC1(O)CCCCC1. The summed E-state index contributed by atoms with van der Waals surface area (Å²) in [4.78, 5) is 12.0. The van der Waals surface area contributed by atoms with Gasteiger partial charge in [0.25, 0.3) is 0 Å². The lowest BCUT2D eigenvalue weighted by atomic mass is 9.82. The first-order valence-electron chi connectivity index (χ1n) is 7.17. The van der Waals surface area contributed by atoms with E-state index in [-0.39, 0.29) is 12.3 Å². The van der Waals surface area contributed by atoms with Crippen molar-refractivity contribution in [3.05, 3.63) is 12.3 Å². The maximum absolute atomic E-state index is 12.0. The number of anilines is 1. The number of carbonyl (C=O) groups excluding carboxylic acids is 1. The van der Waals surface area contributed by atoms with Crippen LogP contribution >= 0.6 is 0 Å². The zero-order valence-electron chi connectivity index (χ0n) is 11.6. The minimum absolute atomic E-state index is 0.123. The highest BCUT2D eigenvalue weighted by Gasteiger charge is 2.31. The molecule has 2 rings (SSSR count). The summed E-state index contributed by atoms with van der Waals surface area (Å²) >= 11 is 0. The van der Waals surface area contributed by atoms with Crippen LogP contribution in [0.1, 0.15) is 51.9 Å². The number of hydrogen-bond acceptors (Lipinski definition) is 3. The number of aliphatic hydroxyl groups is 1. The molecule has 0 unspecified atom stereocenters. The van der Waals surface area contributed by atoms with E-state index in [0.717, 1.165) is 45.1 Å². The molecule has 5 heteroatoms. The minimum Gasteiger partial charge on any atom is -0.389 e. The van der Waals surface area contributed by atoms with Crippen molar-refractivity contribution in [1.29, 1.82) is 0 Å². The normalized spacial score (nSPS) is 18.2. The summed E-state index contributed by atoms with van der Waals surface area (Å²) in [6.45, 7) is 2.85. The summed E-state index contributed by atoms with van der Waals surface area (Å²) in [6.07, 6.45) is 7.48. The smallest absolute Gasteiger partial charge is 0.228 e. The van der Waals surface area contributed by atoms with Crippen LogP contribution in [0.25, 0.3) is 0 Å². The molecule has 0 aromatic carbocycles. The Morgan fingerprint density at radius 3 is 2.89 bits per heavy atom. The van der Waals surface area contributed by atoms with Gasteiger partial charge in [-0.05, 0) is 19.3 Å². The molecule has 0 bridgehead atoms. The summed E-state index contributed by atoms with van der Waals surface area (Å²) in [6, 6.07) is 1.79. The lowest BCUT2D eigenvalue weighted by Gasteiger charge is -2.31. The molecule has 1 fully saturated rings. The molecule has 1 heterocycles. The van der Waals surface area contributed by atoms with E-state index in [1.165, 1.54) is 0 Å². The summed E-state index contributed by atoms with van der Waals surface area (Å²) in [5, 5.41) is 17.4. The molecule has 5 nitrogen and oxygen atoms in total. The van der Waals surface area contributed by atoms with Crippen molar-refractivity contribution in [3.8, 4) is 0 Å². The summed E-state index contributed by atoms with van der Waals surface area (Å²) < 4.78 is 1.78. The van der Waals surface area contributed by atoms with Gasteiger partial charge in [0.2, 0.25) is 5.91 Å². The van der Waals surface area contributed by atoms with Crippen LogP contribution in [-0.4, -0.2) is 26.4 Å². The van der Waals surface area contributed by atoms with Crippen LogP contribution in [0.3, 0.4) is 0 Å². The number of rotatable bonds is 5. The third-order valence-electron chi connectivity index (χ3n) is 3.69. The van der Waals surface area contributed by atoms with Gasteiger partial charge in [-0.3, -0.25) is 4.79 Å². The van der Waals surface area contributed by atoms with Gasteiger partial charge in [-0.25, -0.2) is 4.68 Å². The van der Waals surface area contributed by atoms with Crippen LogP contribution in [0.2, 0.25) is 0 Å². The van der Waals surface area contributed by atoms with Gasteiger partial charge in [-0.2, -0.15) is 5.10 Å². The molecule has 106 valence electrons. The Bertz CT molecular complexity index is 422. The number of carbonyl (C=O) groups is 1. The Balaban J connectivity index is 1.91. The monoisotopic (exact) mass is 265 g/mol. The Morgan fingerprint density at radius 2 is 2.21 bits per heavy atom. The Kier molecular flexibility index (Phi) is 4.58. The zero-order valence-corrected chi connectivity index (χ0v) is 11.6. The second-order valence-corrected chi connectivity index (χ2v) is 5.45. The number of amides is 1. The minimum atomic E-state index is -0.808. The van der Waals surface area contributed by atoms with Crippen LogP contribution in [0.4, 0.5) is 5.82 Å². The summed E-state index contributed by atoms with van der Waals surface area (Å²) in [5.74, 6) is 0.591. The Labute approximate surface area is 114 Å². The van der Waals surface area contributed by atoms with Crippen molar-refractivity contribution in [2.45, 2.75) is 64.0 Å². The maximum atomic E-state index is 12.0. The number of nitrogens with one attached hydrogen (secondary N) is 1. The molecule has 0 spiro atoms. The third-order valence-corrected chi connectivity index (χ3v) is 3.69. The molecule has 1 amide bonds. The third kappa shape index (κ3) is 3.80. The molecule has 1 aromatic rings. The number of nitrogens with zero attached hydrogens (tertiary/aromatic N) is 2. The molecular weight excluding hydrogens is 242 g/mol. The van der Waals surface area contributed by atoms with Gasteiger partial charge in [0.05, 0.1) is 18.2 Å². The van der Waals surface area contributed by atoms with Crippen LogP contribution in [-0.2, 0) is 11.3 Å². The standard InChI is InChI=1S/C14H23N3O2/c1-2-10-17-12(6-9-15-17)16-13(18)11-14(19)7-4-3-5-8-14/h6,9,19H,2-5,7-8,10-11H2,1H3,(H,16,18). The molecule has 0 saturated heterocycles. The van der Waals surface area contributed by atoms with Crippen molar-refractivity contribution in [3.63, 3.8) is 0 Å². The fourth-order valence-corrected chi connectivity index (χ4v) is 2.70. The summed E-state index contributed by atoms with van der Waals surface area (Å²) in [7, 11) is 0. The molecule has 19 heavy (non-hydrogen) atoms. The predicted molar refractivity (Wildman–Crippen MR) is 73.8 cm³/mol. The molecule has 1 aliphatic carbocycles. The van der Waals surface area contributed by atoms with Crippen LogP contribution < -0.4 is 5.32 Å². The molecule has 1 aromatic heterocycles. The topological polar surface area (TPSA) is 67.2 Å². The number of hydrogen-bond donors (Lipinski definition) is 2. The van der Waals surface area contributed by atoms with Crippen molar-refractivity contribution < 1.29 is 9.90 Å². The molecule has 0 radical (unpaired) electrons. The van der Waals surface area contributed by atoms with E-state index in [1.54, 1.807) is 16.9 Å². The lowest BCUT2D eigenvalue weighted by Crippen LogP contribution is -2.36. The first-order valence-corrected chi connectivity index (χ1v) is 7.17. The van der Waals surface area contributed by atoms with Crippen molar-refractivity contribution in [1.82, 2.24) is 9.78 Å². The van der Waals surface area contributed by atoms with Gasteiger partial charge in [0, 0.05) is 12.6 Å². The van der Waals surface area contributed by atoms with Crippen molar-refractivity contribution in [2.24, 2.45) is 0 Å². The molecule has 1 saturated carbocycles. The zero-order chi connectivity index (χ0) is 13.7. The van der Waals surface area contributed by atoms with Gasteiger partial charge in [-0.1, -0.05) is 26.2 Å². The van der Waals surface area contributed by atoms with Crippen LogP contribution in [0.5, 0.6) is 0 Å². The molecule has 2 N–H and O–H groups in total. The van der Waals surface area contributed by atoms with Crippen molar-refractivity contribution in [2.75, 3.05) is 5.32 Å². The second kappa shape index (κ2) is 6.19. The largest absolute Gasteiger partial charge is 0.389 e. The average Bonchev–Trinajstić information content (AvgIpc) is 2.77. The van der Waals surface area contributed by atoms with E-state index in [4.69, 9.17) is 0 Å². The number of aryl methyl sites for hydroxylation is 1. The quantitative estimate of drug-likeness (QED) is 0.858. The van der Waals surface area contributed by atoms with E-state index in [0.29, 0.717) is 5.82 Å². The van der Waals surface area contributed by atoms with Crippen LogP contribution in [0, 0.1) is 0 Å². The van der Waals surface area contributed by atoms with Crippen LogP contribution in [0.15, 0.2) is 12.3 Å². The molecular formula is C14H23N3O2. The second-order valence-electron chi connectivity index (χ2n) is 5.45. The fourth-order valence-electron chi connectivity index (χ4n) is 2.70. The highest BCUT2D eigenvalue weighted by atomic mass is 16.3. The fraction of sp³-hybridized carbons (Fsp3) is 0.714. The van der Waals surface area contributed by atoms with E-state index in [2.05, 4.69) is 17.3 Å². The predicted octanol–water partition coefficient (Wildman–Crippen LogP) is 2.32. The first kappa shape index (κ1) is 14.1. The highest BCUT2D eigenvalue weighted by molar-refractivity contribution is 5.90. The lowest BCUT2D eigenvalue weighted by molar-refractivity contribution is -0.122. The van der Waals surface area contributed by atoms with E-state index < -0.39 is 5.60 Å². The van der Waals surface area contributed by atoms with Crippen molar-refractivity contribution >= 4 is 11.7 Å². The maximum Gasteiger partial charge on any atom is 0.228 e. The first-order chi connectivity index (χ1) is 9.13. The van der Waals surface area contributed by atoms with Gasteiger partial charge in [0.15, 0.2) is 0 Å².